The molecule has 0 saturated carbocycles. The highest BCUT2D eigenvalue weighted by Crippen LogP contribution is 2.18. The van der Waals surface area contributed by atoms with E-state index in [0.717, 1.165) is 12.8 Å². The fourth-order valence-electron chi connectivity index (χ4n) is 1.66. The van der Waals surface area contributed by atoms with Crippen LogP contribution in [0.15, 0.2) is 0 Å². The number of halogens is 1. The maximum Gasteiger partial charge on any atom is 0.216 e. The topological polar surface area (TPSA) is 46.6 Å². The van der Waals surface area contributed by atoms with Crippen molar-refractivity contribution in [2.24, 2.45) is 0 Å². The quantitative estimate of drug-likeness (QED) is 0.710. The molecule has 1 aliphatic heterocycles. The minimum atomic E-state index is -3.19. The second-order valence-corrected chi connectivity index (χ2v) is 7.04. The summed E-state index contributed by atoms with van der Waals surface area (Å²) in [5.41, 5.74) is 0. The van der Waals surface area contributed by atoms with Crippen LogP contribution < -0.4 is 0 Å². The monoisotopic (exact) mass is 269 g/mol. The van der Waals surface area contributed by atoms with E-state index in [1.54, 1.807) is 0 Å². The van der Waals surface area contributed by atoms with Crippen molar-refractivity contribution in [1.82, 2.24) is 4.31 Å². The highest BCUT2D eigenvalue weighted by atomic mass is 35.5. The van der Waals surface area contributed by atoms with Crippen molar-refractivity contribution in [3.05, 3.63) is 0 Å². The molecule has 1 saturated heterocycles. The zero-order valence-corrected chi connectivity index (χ0v) is 11.4. The van der Waals surface area contributed by atoms with Crippen LogP contribution in [0.1, 0.15) is 26.7 Å². The number of piperidine rings is 1. The molecule has 0 aromatic heterocycles. The number of alkyl halides is 1. The van der Waals surface area contributed by atoms with Crippen molar-refractivity contribution in [3.63, 3.8) is 0 Å². The Bertz CT molecular complexity index is 305. The molecular formula is C10H20ClNO3S. The van der Waals surface area contributed by atoms with Crippen LogP contribution >= 0.6 is 11.6 Å². The Labute approximate surface area is 103 Å². The zero-order chi connectivity index (χ0) is 12.2. The lowest BCUT2D eigenvalue weighted by Gasteiger charge is -2.28. The molecule has 1 rings (SSSR count). The number of nitrogens with zero attached hydrogens (tertiary/aromatic N) is 1. The third-order valence-electron chi connectivity index (χ3n) is 2.51. The normalized spacial score (nSPS) is 23.9. The first kappa shape index (κ1) is 14.2. The zero-order valence-electron chi connectivity index (χ0n) is 9.86. The molecule has 0 radical (unpaired) electrons. The van der Waals surface area contributed by atoms with Gasteiger partial charge in [0.25, 0.3) is 0 Å². The summed E-state index contributed by atoms with van der Waals surface area (Å²) < 4.78 is 30.5. The number of rotatable bonds is 5. The molecule has 0 aromatic carbocycles. The van der Waals surface area contributed by atoms with E-state index >= 15 is 0 Å². The molecule has 1 fully saturated rings. The van der Waals surface area contributed by atoms with Crippen LogP contribution in [0, 0.1) is 0 Å². The molecule has 0 spiro atoms. The summed E-state index contributed by atoms with van der Waals surface area (Å²) in [5, 5.41) is -0.0467. The van der Waals surface area contributed by atoms with Crippen LogP contribution in [0.2, 0.25) is 0 Å². The molecule has 1 unspecified atom stereocenters. The molecule has 0 aromatic rings. The van der Waals surface area contributed by atoms with Crippen LogP contribution in [0.3, 0.4) is 0 Å². The van der Waals surface area contributed by atoms with Crippen molar-refractivity contribution < 1.29 is 13.2 Å². The van der Waals surface area contributed by atoms with Gasteiger partial charge in [-0.05, 0) is 26.7 Å². The number of hydrogen-bond donors (Lipinski definition) is 0. The smallest absolute Gasteiger partial charge is 0.216 e. The molecule has 6 heteroatoms. The molecule has 1 heterocycles. The van der Waals surface area contributed by atoms with E-state index in [1.165, 1.54) is 4.31 Å². The summed E-state index contributed by atoms with van der Waals surface area (Å²) in [6, 6.07) is 0. The van der Waals surface area contributed by atoms with E-state index in [2.05, 4.69) is 0 Å². The van der Waals surface area contributed by atoms with E-state index in [1.807, 2.05) is 13.8 Å². The van der Waals surface area contributed by atoms with Crippen molar-refractivity contribution >= 4 is 21.6 Å². The highest BCUT2D eigenvalue weighted by Gasteiger charge is 2.27. The third-order valence-corrected chi connectivity index (χ3v) is 4.67. The predicted molar refractivity (Wildman–Crippen MR) is 65.3 cm³/mol. The minimum Gasteiger partial charge on any atom is -0.378 e. The van der Waals surface area contributed by atoms with Crippen LogP contribution in [0.4, 0.5) is 0 Å². The Morgan fingerprint density at radius 3 is 2.75 bits per heavy atom. The maximum atomic E-state index is 11.9. The molecule has 1 aliphatic rings. The lowest BCUT2D eigenvalue weighted by molar-refractivity contribution is 0.0906. The van der Waals surface area contributed by atoms with Gasteiger partial charge in [-0.15, -0.1) is 11.6 Å². The van der Waals surface area contributed by atoms with Crippen molar-refractivity contribution in [2.45, 2.75) is 38.2 Å². The standard InChI is InChI=1S/C10H20ClNO3S/c1-9(2)15-6-7-16(13,14)12-5-3-4-10(11)8-12/h9-10H,3-8H2,1-2H3. The van der Waals surface area contributed by atoms with Gasteiger partial charge in [0.2, 0.25) is 10.0 Å². The molecule has 4 nitrogen and oxygen atoms in total. The van der Waals surface area contributed by atoms with Crippen molar-refractivity contribution in [3.8, 4) is 0 Å². The minimum absolute atomic E-state index is 0.0467. The molecule has 0 aliphatic carbocycles. The summed E-state index contributed by atoms with van der Waals surface area (Å²) >= 11 is 5.96. The van der Waals surface area contributed by atoms with Crippen LogP contribution in [-0.4, -0.2) is 49.7 Å². The predicted octanol–water partition coefficient (Wildman–Crippen LogP) is 1.44. The van der Waals surface area contributed by atoms with Gasteiger partial charge in [0.1, 0.15) is 0 Å². The second-order valence-electron chi connectivity index (χ2n) is 4.33. The van der Waals surface area contributed by atoms with Gasteiger partial charge in [0, 0.05) is 18.5 Å². The molecule has 0 N–H and O–H groups in total. The van der Waals surface area contributed by atoms with Gasteiger partial charge in [-0.25, -0.2) is 12.7 Å². The second kappa shape index (κ2) is 6.19. The molecule has 96 valence electrons. The summed E-state index contributed by atoms with van der Waals surface area (Å²) in [4.78, 5) is 0. The average molecular weight is 270 g/mol. The van der Waals surface area contributed by atoms with E-state index in [0.29, 0.717) is 13.1 Å². The van der Waals surface area contributed by atoms with Gasteiger partial charge in [-0.1, -0.05) is 0 Å². The Morgan fingerprint density at radius 2 is 2.19 bits per heavy atom. The first-order valence-corrected chi connectivity index (χ1v) is 7.70. The summed E-state index contributed by atoms with van der Waals surface area (Å²) in [6.07, 6.45) is 1.81. The average Bonchev–Trinajstić information content (AvgIpc) is 2.16. The van der Waals surface area contributed by atoms with Crippen LogP contribution in [0.25, 0.3) is 0 Å². The Morgan fingerprint density at radius 1 is 1.50 bits per heavy atom. The van der Waals surface area contributed by atoms with E-state index in [9.17, 15) is 8.42 Å². The van der Waals surface area contributed by atoms with E-state index < -0.39 is 10.0 Å². The SMILES string of the molecule is CC(C)OCCS(=O)(=O)N1CCCC(Cl)C1. The van der Waals surface area contributed by atoms with Crippen LogP contribution in [-0.2, 0) is 14.8 Å². The molecule has 1 atom stereocenters. The van der Waals surface area contributed by atoms with Crippen LogP contribution in [0.5, 0.6) is 0 Å². The lowest BCUT2D eigenvalue weighted by atomic mass is 10.2. The summed E-state index contributed by atoms with van der Waals surface area (Å²) in [5.74, 6) is 0.0504. The lowest BCUT2D eigenvalue weighted by Crippen LogP contribution is -2.42. The first-order valence-electron chi connectivity index (χ1n) is 5.65. The van der Waals surface area contributed by atoms with E-state index in [4.69, 9.17) is 16.3 Å². The molecule has 16 heavy (non-hydrogen) atoms. The number of ether oxygens (including phenoxy) is 1. The maximum absolute atomic E-state index is 11.9. The highest BCUT2D eigenvalue weighted by molar-refractivity contribution is 7.89. The van der Waals surface area contributed by atoms with Gasteiger partial charge in [-0.3, -0.25) is 0 Å². The largest absolute Gasteiger partial charge is 0.378 e. The number of hydrogen-bond acceptors (Lipinski definition) is 3. The summed E-state index contributed by atoms with van der Waals surface area (Å²) in [6.45, 7) is 5.06. The van der Waals surface area contributed by atoms with Crippen molar-refractivity contribution in [2.75, 3.05) is 25.4 Å². The molecular weight excluding hydrogens is 250 g/mol. The van der Waals surface area contributed by atoms with Gasteiger partial charge in [0.15, 0.2) is 0 Å². The Balaban J connectivity index is 2.43. The van der Waals surface area contributed by atoms with Gasteiger partial charge in [0.05, 0.1) is 18.5 Å². The first-order chi connectivity index (χ1) is 7.42. The fraction of sp³-hybridized carbons (Fsp3) is 1.00. The number of sulfonamides is 1. The third kappa shape index (κ3) is 4.57. The Kier molecular flexibility index (Phi) is 5.50. The van der Waals surface area contributed by atoms with Gasteiger partial charge < -0.3 is 4.74 Å². The summed E-state index contributed by atoms with van der Waals surface area (Å²) in [7, 11) is -3.19. The van der Waals surface area contributed by atoms with E-state index in [-0.39, 0.29) is 23.8 Å². The fourth-order valence-corrected chi connectivity index (χ4v) is 3.45. The van der Waals surface area contributed by atoms with Gasteiger partial charge in [-0.2, -0.15) is 0 Å². The van der Waals surface area contributed by atoms with Gasteiger partial charge >= 0.3 is 0 Å². The Hall–Kier alpha value is 0.160. The van der Waals surface area contributed by atoms with Crippen molar-refractivity contribution in [1.29, 1.82) is 0 Å². The molecule has 0 bridgehead atoms. The molecule has 0 amide bonds.